The summed E-state index contributed by atoms with van der Waals surface area (Å²) in [6, 6.07) is 28.6. The van der Waals surface area contributed by atoms with Gasteiger partial charge in [-0.3, -0.25) is 4.79 Å². The maximum absolute atomic E-state index is 13.1. The number of fused-ring (bicyclic) bond motifs is 3. The fourth-order valence-corrected chi connectivity index (χ4v) is 4.58. The number of hydrogen-bond acceptors (Lipinski definition) is 4. The number of nitrogens with zero attached hydrogens (tertiary/aromatic N) is 1. The van der Waals surface area contributed by atoms with Gasteiger partial charge in [0.25, 0.3) is 5.91 Å². The minimum absolute atomic E-state index is 0.264. The lowest BCUT2D eigenvalue weighted by Gasteiger charge is -2.11. The molecule has 0 atom stereocenters. The molecule has 5 aromatic carbocycles. The Hall–Kier alpha value is -4.35. The molecule has 1 amide bonds. The molecule has 1 heterocycles. The number of benzene rings is 5. The molecule has 0 saturated carbocycles. The highest BCUT2D eigenvalue weighted by Crippen LogP contribution is 2.34. The van der Waals surface area contributed by atoms with Crippen LogP contribution in [0.1, 0.15) is 10.4 Å². The number of anilines is 1. The van der Waals surface area contributed by atoms with E-state index in [1.807, 2.05) is 72.8 Å². The average Bonchev–Trinajstić information content (AvgIpc) is 3.31. The predicted molar refractivity (Wildman–Crippen MR) is 140 cm³/mol. The minimum Gasteiger partial charge on any atom is -0.496 e. The maximum Gasteiger partial charge on any atom is 0.259 e. The molecule has 0 fully saturated rings. The second-order valence-corrected chi connectivity index (χ2v) is 8.60. The van der Waals surface area contributed by atoms with Crippen LogP contribution in [-0.2, 0) is 0 Å². The fourth-order valence-electron chi connectivity index (χ4n) is 4.34. The van der Waals surface area contributed by atoms with Gasteiger partial charge in [0.1, 0.15) is 11.3 Å². The van der Waals surface area contributed by atoms with Crippen molar-refractivity contribution in [3.05, 3.63) is 102 Å². The van der Waals surface area contributed by atoms with Crippen molar-refractivity contribution in [3.8, 4) is 17.2 Å². The summed E-state index contributed by atoms with van der Waals surface area (Å²) < 4.78 is 11.5. The van der Waals surface area contributed by atoms with E-state index in [4.69, 9.17) is 25.7 Å². The molecule has 6 heteroatoms. The Balaban J connectivity index is 1.35. The summed E-state index contributed by atoms with van der Waals surface area (Å²) in [5.74, 6) is 0.743. The van der Waals surface area contributed by atoms with Gasteiger partial charge < -0.3 is 14.5 Å². The number of oxazole rings is 1. The van der Waals surface area contributed by atoms with E-state index in [0.29, 0.717) is 39.0 Å². The maximum atomic E-state index is 13.1. The third-order valence-electron chi connectivity index (χ3n) is 6.06. The SMILES string of the molecule is COc1cc2ccccc2cc1C(=O)Nc1ccc2oc(-c3cccc4c(Cl)cccc34)nc2c1. The predicted octanol–water partition coefficient (Wildman–Crippen LogP) is 7.72. The molecule has 0 bridgehead atoms. The highest BCUT2D eigenvalue weighted by Gasteiger charge is 2.16. The minimum atomic E-state index is -0.264. The van der Waals surface area contributed by atoms with Crippen LogP contribution in [0.5, 0.6) is 5.75 Å². The van der Waals surface area contributed by atoms with Gasteiger partial charge in [0.2, 0.25) is 5.89 Å². The molecule has 1 N–H and O–H groups in total. The molecule has 0 unspecified atom stereocenters. The first-order valence-electron chi connectivity index (χ1n) is 11.1. The summed E-state index contributed by atoms with van der Waals surface area (Å²) in [6.07, 6.45) is 0. The number of carbonyl (C=O) groups excluding carboxylic acids is 1. The lowest BCUT2D eigenvalue weighted by Crippen LogP contribution is -2.13. The molecule has 0 aliphatic heterocycles. The van der Waals surface area contributed by atoms with Crippen LogP contribution in [-0.4, -0.2) is 18.0 Å². The van der Waals surface area contributed by atoms with Crippen molar-refractivity contribution >= 4 is 55.8 Å². The van der Waals surface area contributed by atoms with Crippen molar-refractivity contribution in [1.82, 2.24) is 4.98 Å². The Morgan fingerprint density at radius 3 is 2.49 bits per heavy atom. The van der Waals surface area contributed by atoms with Gasteiger partial charge in [0.05, 0.1) is 12.7 Å². The smallest absolute Gasteiger partial charge is 0.259 e. The van der Waals surface area contributed by atoms with Gasteiger partial charge >= 0.3 is 0 Å². The van der Waals surface area contributed by atoms with Crippen molar-refractivity contribution in [2.45, 2.75) is 0 Å². The number of hydrogen-bond donors (Lipinski definition) is 1. The Morgan fingerprint density at radius 1 is 0.886 bits per heavy atom. The van der Waals surface area contributed by atoms with Crippen LogP contribution in [0.3, 0.4) is 0 Å². The Morgan fingerprint density at radius 2 is 1.66 bits per heavy atom. The number of nitrogens with one attached hydrogen (secondary N) is 1. The number of rotatable bonds is 4. The van der Waals surface area contributed by atoms with Gasteiger partial charge in [-0.1, -0.05) is 60.1 Å². The second kappa shape index (κ2) is 8.46. The van der Waals surface area contributed by atoms with Gasteiger partial charge in [0, 0.05) is 21.7 Å². The van der Waals surface area contributed by atoms with Gasteiger partial charge in [-0.15, -0.1) is 0 Å². The topological polar surface area (TPSA) is 64.4 Å². The van der Waals surface area contributed by atoms with Crippen LogP contribution in [0.2, 0.25) is 5.02 Å². The standard InChI is InChI=1S/C29H19ClN2O3/c1-34-27-15-18-7-3-2-6-17(18)14-23(27)28(33)31-19-12-13-26-25(16-19)32-29(35-26)22-10-4-9-21-20(22)8-5-11-24(21)30/h2-16H,1H3,(H,31,33). The highest BCUT2D eigenvalue weighted by atomic mass is 35.5. The highest BCUT2D eigenvalue weighted by molar-refractivity contribution is 6.35. The van der Waals surface area contributed by atoms with Gasteiger partial charge in [-0.2, -0.15) is 0 Å². The number of amides is 1. The van der Waals surface area contributed by atoms with Crippen molar-refractivity contribution in [3.63, 3.8) is 0 Å². The molecule has 0 spiro atoms. The first-order valence-corrected chi connectivity index (χ1v) is 11.4. The summed E-state index contributed by atoms with van der Waals surface area (Å²) >= 11 is 6.37. The van der Waals surface area contributed by atoms with Crippen molar-refractivity contribution in [2.75, 3.05) is 12.4 Å². The average molecular weight is 479 g/mol. The summed E-state index contributed by atoms with van der Waals surface area (Å²) in [4.78, 5) is 17.8. The second-order valence-electron chi connectivity index (χ2n) is 8.20. The Labute approximate surface area is 205 Å². The van der Waals surface area contributed by atoms with E-state index in [1.165, 1.54) is 0 Å². The molecule has 35 heavy (non-hydrogen) atoms. The number of ether oxygens (including phenoxy) is 1. The van der Waals surface area contributed by atoms with Crippen molar-refractivity contribution < 1.29 is 13.9 Å². The molecule has 0 aliphatic rings. The van der Waals surface area contributed by atoms with Crippen molar-refractivity contribution in [2.24, 2.45) is 0 Å². The summed E-state index contributed by atoms with van der Waals surface area (Å²) in [6.45, 7) is 0. The molecule has 0 aliphatic carbocycles. The van der Waals surface area contributed by atoms with E-state index >= 15 is 0 Å². The van der Waals surface area contributed by atoms with Gasteiger partial charge in [-0.25, -0.2) is 4.98 Å². The van der Waals surface area contributed by atoms with E-state index in [9.17, 15) is 4.79 Å². The first-order chi connectivity index (χ1) is 17.1. The largest absolute Gasteiger partial charge is 0.496 e. The van der Waals surface area contributed by atoms with Crippen LogP contribution < -0.4 is 10.1 Å². The molecule has 6 rings (SSSR count). The van der Waals surface area contributed by atoms with E-state index in [1.54, 1.807) is 25.3 Å². The van der Waals surface area contributed by atoms with Gasteiger partial charge in [0.15, 0.2) is 5.58 Å². The third kappa shape index (κ3) is 3.76. The lowest BCUT2D eigenvalue weighted by atomic mass is 10.0. The summed E-state index contributed by atoms with van der Waals surface area (Å²) in [5.41, 5.74) is 3.19. The molecule has 6 aromatic rings. The van der Waals surface area contributed by atoms with Crippen LogP contribution >= 0.6 is 11.6 Å². The number of methoxy groups -OCH3 is 1. The van der Waals surface area contributed by atoms with Crippen molar-refractivity contribution in [1.29, 1.82) is 0 Å². The lowest BCUT2D eigenvalue weighted by molar-refractivity contribution is 0.102. The summed E-state index contributed by atoms with van der Waals surface area (Å²) in [5, 5.41) is 7.50. The molecule has 5 nitrogen and oxygen atoms in total. The zero-order valence-electron chi connectivity index (χ0n) is 18.7. The first kappa shape index (κ1) is 21.2. The number of carbonyl (C=O) groups is 1. The Kier molecular flexibility index (Phi) is 5.12. The van der Waals surface area contributed by atoms with E-state index < -0.39 is 0 Å². The normalized spacial score (nSPS) is 11.3. The molecule has 0 saturated heterocycles. The summed E-state index contributed by atoms with van der Waals surface area (Å²) in [7, 11) is 1.56. The molecule has 170 valence electrons. The number of halogens is 1. The Bertz CT molecular complexity index is 1760. The van der Waals surface area contributed by atoms with E-state index in [0.717, 1.165) is 27.1 Å². The molecular weight excluding hydrogens is 460 g/mol. The van der Waals surface area contributed by atoms with Crippen LogP contribution in [0.25, 0.3) is 44.1 Å². The number of aromatic nitrogens is 1. The van der Waals surface area contributed by atoms with Crippen LogP contribution in [0.15, 0.2) is 95.4 Å². The quantitative estimate of drug-likeness (QED) is 0.281. The third-order valence-corrected chi connectivity index (χ3v) is 6.39. The zero-order chi connectivity index (χ0) is 23.9. The zero-order valence-corrected chi connectivity index (χ0v) is 19.5. The van der Waals surface area contributed by atoms with E-state index in [2.05, 4.69) is 5.32 Å². The van der Waals surface area contributed by atoms with Crippen LogP contribution in [0.4, 0.5) is 5.69 Å². The van der Waals surface area contributed by atoms with E-state index in [-0.39, 0.29) is 5.91 Å². The molecule has 1 aromatic heterocycles. The fraction of sp³-hybridized carbons (Fsp3) is 0.0345. The molecular formula is C29H19ClN2O3. The molecule has 0 radical (unpaired) electrons. The van der Waals surface area contributed by atoms with Gasteiger partial charge in [-0.05, 0) is 58.6 Å². The van der Waals surface area contributed by atoms with Crippen LogP contribution in [0, 0.1) is 0 Å². The monoisotopic (exact) mass is 478 g/mol.